The van der Waals surface area contributed by atoms with Gasteiger partial charge in [-0.25, -0.2) is 0 Å². The molecular weight excluding hydrogens is 174 g/mol. The third-order valence-electron chi connectivity index (χ3n) is 1.47. The molecule has 0 aromatic heterocycles. The van der Waals surface area contributed by atoms with Gasteiger partial charge in [0.25, 0.3) is 0 Å². The standard InChI is InChI=1S/C6H15N5S/c1-9(2)4-5-10-6-7-11(8-10)12-3/h6,8H,4-5H2,1-3H3. The fraction of sp³-hybridized carbons (Fsp3) is 0.833. The van der Waals surface area contributed by atoms with Crippen molar-refractivity contribution in [2.24, 2.45) is 5.10 Å². The fourth-order valence-corrected chi connectivity index (χ4v) is 1.10. The first kappa shape index (κ1) is 9.63. The second-order valence-corrected chi connectivity index (χ2v) is 3.49. The molecule has 1 aliphatic rings. The Morgan fingerprint density at radius 2 is 2.33 bits per heavy atom. The van der Waals surface area contributed by atoms with Gasteiger partial charge >= 0.3 is 0 Å². The van der Waals surface area contributed by atoms with Gasteiger partial charge < -0.3 is 4.90 Å². The summed E-state index contributed by atoms with van der Waals surface area (Å²) < 4.78 is 1.72. The van der Waals surface area contributed by atoms with E-state index in [2.05, 4.69) is 29.6 Å². The minimum Gasteiger partial charge on any atom is -0.308 e. The van der Waals surface area contributed by atoms with Gasteiger partial charge in [0.2, 0.25) is 0 Å². The van der Waals surface area contributed by atoms with Crippen molar-refractivity contribution in [2.45, 2.75) is 0 Å². The van der Waals surface area contributed by atoms with Crippen LogP contribution < -0.4 is 5.53 Å². The highest BCUT2D eigenvalue weighted by Gasteiger charge is 2.10. The van der Waals surface area contributed by atoms with Gasteiger partial charge in [-0.2, -0.15) is 0 Å². The van der Waals surface area contributed by atoms with Crippen LogP contribution in [0.25, 0.3) is 0 Å². The first-order valence-corrected chi connectivity index (χ1v) is 4.96. The summed E-state index contributed by atoms with van der Waals surface area (Å²) in [7, 11) is 4.11. The summed E-state index contributed by atoms with van der Waals surface area (Å²) in [6.07, 6.45) is 3.76. The normalized spacial score (nSPS) is 16.7. The van der Waals surface area contributed by atoms with Crippen LogP contribution in [-0.2, 0) is 0 Å². The lowest BCUT2D eigenvalue weighted by molar-refractivity contribution is 0.200. The minimum atomic E-state index is 0.938. The number of hydrazone groups is 1. The number of nitrogens with one attached hydrogen (secondary N) is 1. The summed E-state index contributed by atoms with van der Waals surface area (Å²) in [4.78, 5) is 2.14. The van der Waals surface area contributed by atoms with Crippen molar-refractivity contribution in [1.29, 1.82) is 0 Å². The molecule has 1 rings (SSSR count). The van der Waals surface area contributed by atoms with Gasteiger partial charge in [-0.05, 0) is 26.0 Å². The van der Waals surface area contributed by atoms with Crippen molar-refractivity contribution in [2.75, 3.05) is 33.4 Å². The van der Waals surface area contributed by atoms with Gasteiger partial charge in [-0.3, -0.25) is 5.01 Å². The Morgan fingerprint density at radius 3 is 2.83 bits per heavy atom. The average Bonchev–Trinajstić information content (AvgIpc) is 2.48. The van der Waals surface area contributed by atoms with E-state index in [-0.39, 0.29) is 0 Å². The molecule has 5 nitrogen and oxygen atoms in total. The molecular formula is C6H15N5S. The van der Waals surface area contributed by atoms with Gasteiger partial charge in [-0.1, -0.05) is 0 Å². The maximum atomic E-state index is 4.08. The first-order chi connectivity index (χ1) is 5.72. The molecule has 0 spiro atoms. The summed E-state index contributed by atoms with van der Waals surface area (Å²) in [6.45, 7) is 1.95. The van der Waals surface area contributed by atoms with Gasteiger partial charge in [0.15, 0.2) is 0 Å². The molecule has 0 unspecified atom stereocenters. The molecule has 0 aromatic rings. The van der Waals surface area contributed by atoms with Crippen LogP contribution in [0.15, 0.2) is 5.10 Å². The van der Waals surface area contributed by atoms with Crippen LogP contribution in [0.4, 0.5) is 0 Å². The van der Waals surface area contributed by atoms with Crippen molar-refractivity contribution in [1.82, 2.24) is 20.0 Å². The van der Waals surface area contributed by atoms with E-state index in [1.807, 2.05) is 11.3 Å². The van der Waals surface area contributed by atoms with E-state index in [0.717, 1.165) is 13.1 Å². The Labute approximate surface area is 77.5 Å². The molecule has 0 amide bonds. The SMILES string of the molecule is CSN1N=CN(CCN(C)C)N1. The fourth-order valence-electron chi connectivity index (χ4n) is 0.774. The third-order valence-corrected chi connectivity index (χ3v) is 1.99. The highest BCUT2D eigenvalue weighted by Crippen LogP contribution is 2.05. The number of nitrogens with zero attached hydrogens (tertiary/aromatic N) is 4. The molecule has 12 heavy (non-hydrogen) atoms. The van der Waals surface area contributed by atoms with Gasteiger partial charge in [0.05, 0.1) is 6.54 Å². The van der Waals surface area contributed by atoms with Gasteiger partial charge in [0, 0.05) is 12.8 Å². The van der Waals surface area contributed by atoms with Crippen LogP contribution in [0.3, 0.4) is 0 Å². The largest absolute Gasteiger partial charge is 0.308 e. The molecule has 0 aromatic carbocycles. The molecule has 1 heterocycles. The molecule has 0 radical (unpaired) electrons. The average molecular weight is 189 g/mol. The lowest BCUT2D eigenvalue weighted by Crippen LogP contribution is -2.40. The maximum absolute atomic E-state index is 4.08. The molecule has 0 fully saturated rings. The van der Waals surface area contributed by atoms with Crippen molar-refractivity contribution in [3.63, 3.8) is 0 Å². The Kier molecular flexibility index (Phi) is 3.64. The second kappa shape index (κ2) is 4.54. The van der Waals surface area contributed by atoms with Crippen molar-refractivity contribution in [3.8, 4) is 0 Å². The second-order valence-electron chi connectivity index (χ2n) is 2.78. The van der Waals surface area contributed by atoms with Crippen LogP contribution >= 0.6 is 11.9 Å². The number of hydrogen-bond donors (Lipinski definition) is 1. The van der Waals surface area contributed by atoms with Crippen molar-refractivity contribution in [3.05, 3.63) is 0 Å². The van der Waals surface area contributed by atoms with Gasteiger partial charge in [0.1, 0.15) is 6.34 Å². The smallest absolute Gasteiger partial charge is 0.129 e. The molecule has 70 valence electrons. The van der Waals surface area contributed by atoms with E-state index in [9.17, 15) is 0 Å². The Balaban J connectivity index is 2.16. The van der Waals surface area contributed by atoms with Crippen LogP contribution in [0.2, 0.25) is 0 Å². The number of likely N-dealkylation sites (N-methyl/N-ethyl adjacent to an activating group) is 1. The number of hydrogen-bond acceptors (Lipinski definition) is 6. The van der Waals surface area contributed by atoms with Crippen LogP contribution in [0.1, 0.15) is 0 Å². The highest BCUT2D eigenvalue weighted by atomic mass is 32.2. The first-order valence-electron chi connectivity index (χ1n) is 3.78. The molecule has 1 aliphatic heterocycles. The predicted octanol–water partition coefficient (Wildman–Crippen LogP) is -0.194. The van der Waals surface area contributed by atoms with E-state index in [1.165, 1.54) is 11.9 Å². The Bertz CT molecular complexity index is 160. The summed E-state index contributed by atoms with van der Waals surface area (Å²) in [6, 6.07) is 0. The van der Waals surface area contributed by atoms with E-state index >= 15 is 0 Å². The summed E-state index contributed by atoms with van der Waals surface area (Å²) >= 11 is 1.54. The van der Waals surface area contributed by atoms with E-state index in [4.69, 9.17) is 0 Å². The number of hydrazine groups is 2. The zero-order valence-corrected chi connectivity index (χ0v) is 8.51. The Morgan fingerprint density at radius 1 is 1.58 bits per heavy atom. The lowest BCUT2D eigenvalue weighted by Gasteiger charge is -2.19. The van der Waals surface area contributed by atoms with Crippen molar-refractivity contribution < 1.29 is 0 Å². The van der Waals surface area contributed by atoms with Crippen LogP contribution in [0.5, 0.6) is 0 Å². The zero-order chi connectivity index (χ0) is 8.97. The highest BCUT2D eigenvalue weighted by molar-refractivity contribution is 7.96. The molecule has 6 heteroatoms. The Hall–Kier alpha value is -0.460. The summed E-state index contributed by atoms with van der Waals surface area (Å²) in [5.41, 5.74) is 3.08. The third kappa shape index (κ3) is 2.88. The van der Waals surface area contributed by atoms with E-state index in [0.29, 0.717) is 0 Å². The maximum Gasteiger partial charge on any atom is 0.129 e. The quantitative estimate of drug-likeness (QED) is 0.620. The summed E-state index contributed by atoms with van der Waals surface area (Å²) in [5.74, 6) is 0. The molecule has 0 saturated heterocycles. The van der Waals surface area contributed by atoms with Crippen molar-refractivity contribution >= 4 is 18.3 Å². The van der Waals surface area contributed by atoms with Crippen LogP contribution in [0, 0.1) is 0 Å². The summed E-state index contributed by atoms with van der Waals surface area (Å²) in [5, 5.41) is 6.04. The monoisotopic (exact) mass is 189 g/mol. The zero-order valence-electron chi connectivity index (χ0n) is 7.69. The lowest BCUT2D eigenvalue weighted by atomic mass is 10.6. The van der Waals surface area contributed by atoms with Gasteiger partial charge in [-0.15, -0.1) is 15.2 Å². The molecule has 0 atom stereocenters. The predicted molar refractivity (Wildman–Crippen MR) is 52.2 cm³/mol. The molecule has 0 aliphatic carbocycles. The topological polar surface area (TPSA) is 34.1 Å². The van der Waals surface area contributed by atoms with Crippen LogP contribution in [-0.4, -0.2) is 54.2 Å². The molecule has 0 bridgehead atoms. The molecule has 1 N–H and O–H groups in total. The number of rotatable bonds is 4. The van der Waals surface area contributed by atoms with E-state index in [1.54, 1.807) is 10.9 Å². The molecule has 0 saturated carbocycles. The van der Waals surface area contributed by atoms with E-state index < -0.39 is 0 Å². The minimum absolute atomic E-state index is 0.938.